The number of amides is 6. The number of aldehydes is 1. The number of aryl methyl sites for hydroxylation is 4. The van der Waals surface area contributed by atoms with Gasteiger partial charge in [0, 0.05) is 123 Å². The number of phenols is 2. The van der Waals surface area contributed by atoms with Crippen molar-refractivity contribution in [1.82, 2.24) is 61.1 Å². The van der Waals surface area contributed by atoms with Gasteiger partial charge in [-0.3, -0.25) is 48.3 Å². The van der Waals surface area contributed by atoms with Gasteiger partial charge in [0.2, 0.25) is 35.4 Å². The molecule has 10 atom stereocenters. The van der Waals surface area contributed by atoms with Crippen molar-refractivity contribution in [2.75, 3.05) is 125 Å². The van der Waals surface area contributed by atoms with Gasteiger partial charge < -0.3 is 75.8 Å². The van der Waals surface area contributed by atoms with Crippen molar-refractivity contribution in [3.05, 3.63) is 272 Å². The summed E-state index contributed by atoms with van der Waals surface area (Å²) in [6, 6.07) is 61.8. The highest BCUT2D eigenvalue weighted by Gasteiger charge is 2.47. The molecule has 6 aliphatic rings. The number of hydrogen-bond donors (Lipinski definition) is 9. The van der Waals surface area contributed by atoms with Gasteiger partial charge in [-0.05, 0) is 177 Å². The molecule has 6 amide bonds. The first kappa shape index (κ1) is 101. The zero-order chi connectivity index (χ0) is 96.7. The van der Waals surface area contributed by atoms with E-state index in [4.69, 9.17) is 18.9 Å². The predicted octanol–water partition coefficient (Wildman–Crippen LogP) is 12.5. The van der Waals surface area contributed by atoms with Crippen LogP contribution in [-0.4, -0.2) is 258 Å². The van der Waals surface area contributed by atoms with Crippen LogP contribution in [-0.2, 0) is 69.0 Å². The van der Waals surface area contributed by atoms with E-state index in [2.05, 4.69) is 154 Å². The number of hydrogen-bond acceptors (Lipinski definition) is 23. The number of benzene rings is 8. The molecule has 16 rings (SSSR count). The van der Waals surface area contributed by atoms with E-state index in [0.717, 1.165) is 147 Å². The van der Waals surface area contributed by atoms with E-state index in [9.17, 15) is 54.0 Å². The number of carbonyl (C=O) groups is 7. The van der Waals surface area contributed by atoms with Crippen LogP contribution in [0, 0.1) is 24.7 Å². The van der Waals surface area contributed by atoms with Gasteiger partial charge >= 0.3 is 0 Å². The summed E-state index contributed by atoms with van der Waals surface area (Å²) in [5.74, 6) is 1.05. The van der Waals surface area contributed by atoms with Crippen molar-refractivity contribution < 1.29 is 72.9 Å². The van der Waals surface area contributed by atoms with Crippen molar-refractivity contribution in [2.24, 2.45) is 10.8 Å². The average molecular weight is 1900 g/mol. The molecule has 726 valence electrons. The van der Waals surface area contributed by atoms with E-state index >= 15 is 0 Å². The van der Waals surface area contributed by atoms with Crippen LogP contribution >= 0.6 is 22.7 Å². The third-order valence-corrected chi connectivity index (χ3v) is 28.7. The van der Waals surface area contributed by atoms with Crippen LogP contribution in [0.3, 0.4) is 0 Å². The maximum absolute atomic E-state index is 14.1. The standard InChI is InChI=1S/C54H66N6O7S.C30H44N6O5S.C24H22O3/c1-36-50(68-35-56-36)40-12-10-37(11-13-40)32-55-52(64)47-31-43(62)33-60(47)53(65)51(54(2,3)4)57-48(63)34-66-28-26-58-22-24-59(25-23-58)27-29-67-44-18-14-39(15-19-44)49-45(38-8-6-5-7-9-38)20-16-41-30-42(61)17-21-46(41)49;1-20-26(42-19-33-20)22-7-5-21(6-8-22)16-32-28(39)24-15-23(37)17-36(24)29(40)27(30(2,3)4)34-25(38)18-41-14-13-35-11-9-31-10-12-35;25-14-15-27-21-10-6-18(7-11-21)24-22(17-4-2-1-3-5-17)12-8-19-16-20(26)9-13-23(19)24/h5-15,17-19,21,30,35,43,45,47,49,51,61-62H,16,20,22-29,31-34H2,1-4H3,(H,55,64)(H,57,63);5-8,19,23-24,27,31,37H,9-18H2,1-4H3,(H,32,39)(H,34,38);1-7,9-11,13-14,16,22,24,26H,8,12,15H2/t43-,45-,47+,49?,51-;23-,24+,27-;22-,24+/m111/s1. The topological polar surface area (TPSA) is 339 Å². The molecule has 27 nitrogen and oxygen atoms in total. The molecule has 1 unspecified atom stereocenters. The Bertz CT molecular complexity index is 5630. The van der Waals surface area contributed by atoms with Gasteiger partial charge in [0.25, 0.3) is 0 Å². The van der Waals surface area contributed by atoms with Gasteiger partial charge in [0.15, 0.2) is 6.29 Å². The summed E-state index contributed by atoms with van der Waals surface area (Å²) in [6.07, 6.45) is 3.29. The highest BCUT2D eigenvalue weighted by atomic mass is 32.1. The van der Waals surface area contributed by atoms with Crippen LogP contribution in [0.2, 0.25) is 0 Å². The van der Waals surface area contributed by atoms with Crippen LogP contribution in [0.5, 0.6) is 23.0 Å². The lowest BCUT2D eigenvalue weighted by Crippen LogP contribution is -2.58. The third-order valence-electron chi connectivity index (χ3n) is 26.8. The van der Waals surface area contributed by atoms with Crippen LogP contribution < -0.4 is 36.1 Å². The normalized spacial score (nSPS) is 20.0. The summed E-state index contributed by atoms with van der Waals surface area (Å²) in [7, 11) is 0. The van der Waals surface area contributed by atoms with Gasteiger partial charge in [0.05, 0.1) is 57.6 Å². The largest absolute Gasteiger partial charge is 0.508 e. The molecule has 2 aliphatic carbocycles. The van der Waals surface area contributed by atoms with Gasteiger partial charge in [-0.15, -0.1) is 22.7 Å². The molecule has 8 aromatic carbocycles. The molecule has 137 heavy (non-hydrogen) atoms. The van der Waals surface area contributed by atoms with Gasteiger partial charge in [-0.2, -0.15) is 0 Å². The molecule has 0 spiro atoms. The van der Waals surface area contributed by atoms with Crippen LogP contribution in [0.25, 0.3) is 20.9 Å². The van der Waals surface area contributed by atoms with E-state index in [-0.39, 0.29) is 81.9 Å². The van der Waals surface area contributed by atoms with Gasteiger partial charge in [-0.25, -0.2) is 9.97 Å². The van der Waals surface area contributed by atoms with Crippen molar-refractivity contribution >= 4 is 64.4 Å². The second-order valence-corrected chi connectivity index (χ2v) is 40.3. The molecule has 0 saturated carbocycles. The number of ether oxygens (including phenoxy) is 4. The highest BCUT2D eigenvalue weighted by molar-refractivity contribution is 7.13. The minimum atomic E-state index is -0.928. The quantitative estimate of drug-likeness (QED) is 0.0136. The maximum Gasteiger partial charge on any atom is 0.246 e. The fraction of sp³-hybridized carbons (Fsp3) is 0.435. The Morgan fingerprint density at radius 2 is 0.883 bits per heavy atom. The Morgan fingerprint density at radius 3 is 1.27 bits per heavy atom. The number of aliphatic hydroxyl groups is 2. The Balaban J connectivity index is 0.000000183. The molecule has 0 bridgehead atoms. The van der Waals surface area contributed by atoms with Gasteiger partial charge in [-0.1, -0.05) is 187 Å². The first-order valence-corrected chi connectivity index (χ1v) is 49.6. The average Bonchev–Trinajstić information content (AvgIpc) is 1.67. The first-order chi connectivity index (χ1) is 66.1. The van der Waals surface area contributed by atoms with Crippen molar-refractivity contribution in [3.8, 4) is 43.9 Å². The molecule has 10 aromatic rings. The van der Waals surface area contributed by atoms with Crippen LogP contribution in [0.4, 0.5) is 0 Å². The molecule has 29 heteroatoms. The first-order valence-electron chi connectivity index (χ1n) is 47.9. The number of nitrogens with one attached hydrogen (secondary N) is 5. The summed E-state index contributed by atoms with van der Waals surface area (Å²) in [6.45, 7) is 26.4. The molecule has 4 fully saturated rings. The zero-order valence-corrected chi connectivity index (χ0v) is 81.4. The fourth-order valence-corrected chi connectivity index (χ4v) is 21.0. The lowest BCUT2D eigenvalue weighted by molar-refractivity contribution is -0.144. The van der Waals surface area contributed by atoms with Crippen LogP contribution in [0.1, 0.15) is 158 Å². The Kier molecular flexibility index (Phi) is 35.6. The molecular formula is C108H132N12O15S2. The van der Waals surface area contributed by atoms with E-state index in [1.807, 2.05) is 145 Å². The molecule has 6 heterocycles. The number of nitrogens with zero attached hydrogens (tertiary/aromatic N) is 7. The van der Waals surface area contributed by atoms with Crippen molar-refractivity contribution in [1.29, 1.82) is 0 Å². The SMILES string of the molecule is Cc1ncsc1-c1ccc(CNC(=O)[C@@H]2C[C@@H](O)CN2C(=O)[C@@H](NC(=O)COCCN2CCN(CCOc3ccc(C4c5ccc(O)cc5CC[C@@H]4c4ccccc4)cc3)CC2)C(C)(C)C)cc1.Cc1ncsc1-c1ccc(CNC(=O)[C@@H]2C[C@@H](O)CN2C(=O)[C@@H](NC(=O)COCCN2CCNCC2)C(C)(C)C)cc1.O=CCOc1ccc([C@@H]2c3ccc(O)cc3CC[C@@H]2c2ccccc2)cc1. The number of carbonyl (C=O) groups excluding carboxylic acids is 7. The Morgan fingerprint density at radius 1 is 0.489 bits per heavy atom. The van der Waals surface area contributed by atoms with Gasteiger partial charge in [0.1, 0.15) is 73.6 Å². The number of aromatic hydroxyl groups is 2. The summed E-state index contributed by atoms with van der Waals surface area (Å²) in [4.78, 5) is 112. The molecule has 4 saturated heterocycles. The smallest absolute Gasteiger partial charge is 0.246 e. The number of likely N-dealkylation sites (tertiary alicyclic amines) is 2. The summed E-state index contributed by atoms with van der Waals surface area (Å²) in [5.41, 5.74) is 18.4. The third kappa shape index (κ3) is 27.5. The van der Waals surface area contributed by atoms with Crippen LogP contribution in [0.15, 0.2) is 205 Å². The number of β-amino-alcohol motifs (C(OH)–C–C–N with tert-alkyl or cyclic N) is 2. The number of aromatic nitrogens is 2. The summed E-state index contributed by atoms with van der Waals surface area (Å²) >= 11 is 3.17. The van der Waals surface area contributed by atoms with Crippen molar-refractivity contribution in [2.45, 2.75) is 167 Å². The monoisotopic (exact) mass is 1900 g/mol. The number of rotatable bonds is 33. The molecular weight excluding hydrogens is 1770 g/mol. The van der Waals surface area contributed by atoms with E-state index in [0.29, 0.717) is 62.0 Å². The van der Waals surface area contributed by atoms with E-state index in [1.54, 1.807) is 34.8 Å². The molecule has 0 radical (unpaired) electrons. The zero-order valence-electron chi connectivity index (χ0n) is 79.8. The Hall–Kier alpha value is -11.6. The summed E-state index contributed by atoms with van der Waals surface area (Å²) < 4.78 is 23.0. The number of aliphatic hydroxyl groups excluding tert-OH is 2. The fourth-order valence-electron chi connectivity index (χ4n) is 19.4. The molecule has 4 aliphatic heterocycles. The van der Waals surface area contributed by atoms with Crippen molar-refractivity contribution in [3.63, 3.8) is 0 Å². The number of fused-ring (bicyclic) bond motifs is 2. The number of thiazole rings is 2. The lowest BCUT2D eigenvalue weighted by atomic mass is 9.69. The second kappa shape index (κ2) is 48.1. The maximum atomic E-state index is 14.1. The minimum absolute atomic E-state index is 0.00779. The second-order valence-electron chi connectivity index (χ2n) is 38.6. The molecule has 9 N–H and O–H groups in total. The highest BCUT2D eigenvalue weighted by Crippen LogP contribution is 2.49. The predicted molar refractivity (Wildman–Crippen MR) is 532 cm³/mol. The molecule has 2 aromatic heterocycles. The lowest BCUT2D eigenvalue weighted by Gasteiger charge is -2.35. The number of piperazine rings is 2. The number of phenolic OH excluding ortho intramolecular Hbond substituents is 2. The summed E-state index contributed by atoms with van der Waals surface area (Å²) in [5, 5.41) is 56.0. The Labute approximate surface area is 812 Å². The van der Waals surface area contributed by atoms with E-state index < -0.39 is 64.9 Å². The van der Waals surface area contributed by atoms with E-state index in [1.165, 1.54) is 54.3 Å². The minimum Gasteiger partial charge on any atom is -0.508 e.